The molecule has 1 aromatic carbocycles. The molecule has 1 aromatic rings. The third-order valence-corrected chi connectivity index (χ3v) is 4.26. The fourth-order valence-corrected chi connectivity index (χ4v) is 2.78. The first kappa shape index (κ1) is 16.1. The van der Waals surface area contributed by atoms with E-state index >= 15 is 0 Å². The molecule has 21 heavy (non-hydrogen) atoms. The van der Waals surface area contributed by atoms with E-state index in [0.717, 1.165) is 39.1 Å². The first-order valence-corrected chi connectivity index (χ1v) is 7.61. The molecule has 0 bridgehead atoms. The molecule has 1 aliphatic rings. The lowest BCUT2D eigenvalue weighted by Gasteiger charge is -2.31. The topological polar surface area (TPSA) is 29.5 Å². The van der Waals surface area contributed by atoms with Crippen molar-refractivity contribution in [2.75, 3.05) is 33.4 Å². The molecular weight excluding hydrogens is 269 g/mol. The van der Waals surface area contributed by atoms with Gasteiger partial charge < -0.3 is 9.64 Å². The van der Waals surface area contributed by atoms with Crippen molar-refractivity contribution in [2.24, 2.45) is 5.92 Å². The van der Waals surface area contributed by atoms with Crippen LogP contribution < -0.4 is 0 Å². The molecule has 0 amide bonds. The average Bonchev–Trinajstić information content (AvgIpc) is 2.49. The normalized spacial score (nSPS) is 17.1. The quantitative estimate of drug-likeness (QED) is 0.755. The summed E-state index contributed by atoms with van der Waals surface area (Å²) in [5, 5.41) is 0. The summed E-state index contributed by atoms with van der Waals surface area (Å²) in [4.78, 5) is 14.4. The van der Waals surface area contributed by atoms with Gasteiger partial charge in [-0.25, -0.2) is 4.39 Å². The van der Waals surface area contributed by atoms with Gasteiger partial charge in [0.1, 0.15) is 5.82 Å². The van der Waals surface area contributed by atoms with Gasteiger partial charge in [-0.05, 0) is 50.4 Å². The van der Waals surface area contributed by atoms with Crippen LogP contribution in [0.25, 0.3) is 0 Å². The molecule has 0 aliphatic carbocycles. The molecule has 2 rings (SSSR count). The highest BCUT2D eigenvalue weighted by Gasteiger charge is 2.19. The predicted molar refractivity (Wildman–Crippen MR) is 81.1 cm³/mol. The zero-order valence-electron chi connectivity index (χ0n) is 12.9. The number of piperidine rings is 1. The van der Waals surface area contributed by atoms with Crippen LogP contribution >= 0.6 is 0 Å². The fraction of sp³-hybridized carbons (Fsp3) is 0.588. The summed E-state index contributed by atoms with van der Waals surface area (Å²) in [5.41, 5.74) is 1.05. The van der Waals surface area contributed by atoms with Gasteiger partial charge in [-0.15, -0.1) is 0 Å². The molecule has 0 unspecified atom stereocenters. The summed E-state index contributed by atoms with van der Waals surface area (Å²) in [7, 11) is 1.74. The van der Waals surface area contributed by atoms with Crippen molar-refractivity contribution in [1.29, 1.82) is 0 Å². The third-order valence-electron chi connectivity index (χ3n) is 4.26. The number of ether oxygens (including phenoxy) is 1. The number of carbonyl (C=O) groups excluding carboxylic acids is 1. The van der Waals surface area contributed by atoms with Gasteiger partial charge in [0.25, 0.3) is 0 Å². The van der Waals surface area contributed by atoms with Crippen molar-refractivity contribution in [3.8, 4) is 0 Å². The van der Waals surface area contributed by atoms with Gasteiger partial charge in [-0.2, -0.15) is 0 Å². The number of carbonyl (C=O) groups is 1. The number of aryl methyl sites for hydroxylation is 1. The van der Waals surface area contributed by atoms with Gasteiger partial charge in [-0.3, -0.25) is 4.79 Å². The van der Waals surface area contributed by atoms with Crippen LogP contribution in [0, 0.1) is 18.7 Å². The molecule has 0 spiro atoms. The molecule has 0 N–H and O–H groups in total. The van der Waals surface area contributed by atoms with Gasteiger partial charge in [0.2, 0.25) is 0 Å². The maximum atomic E-state index is 13.5. The number of hydrogen-bond acceptors (Lipinski definition) is 3. The van der Waals surface area contributed by atoms with Crippen LogP contribution in [-0.2, 0) is 4.74 Å². The Kier molecular flexibility index (Phi) is 5.88. The van der Waals surface area contributed by atoms with Crippen molar-refractivity contribution in [3.63, 3.8) is 0 Å². The highest BCUT2D eigenvalue weighted by molar-refractivity contribution is 5.96. The Hall–Kier alpha value is -1.26. The van der Waals surface area contributed by atoms with E-state index in [1.54, 1.807) is 26.2 Å². The molecule has 1 heterocycles. The lowest BCUT2D eigenvalue weighted by atomic mass is 9.97. The first-order valence-electron chi connectivity index (χ1n) is 7.61. The number of halogens is 1. The van der Waals surface area contributed by atoms with Crippen molar-refractivity contribution >= 4 is 5.78 Å². The maximum absolute atomic E-state index is 13.5. The Morgan fingerprint density at radius 1 is 1.38 bits per heavy atom. The molecule has 0 atom stereocenters. The largest absolute Gasteiger partial charge is 0.384 e. The Balaban J connectivity index is 1.78. The lowest BCUT2D eigenvalue weighted by Crippen LogP contribution is -2.36. The number of Topliss-reactive ketones (excluding diaryl/α,β-unsaturated/α-hetero) is 1. The van der Waals surface area contributed by atoms with Crippen LogP contribution in [-0.4, -0.2) is 44.0 Å². The van der Waals surface area contributed by atoms with Crippen LogP contribution in [0.2, 0.25) is 0 Å². The number of methoxy groups -OCH3 is 1. The molecule has 0 aromatic heterocycles. The zero-order chi connectivity index (χ0) is 15.2. The summed E-state index contributed by atoms with van der Waals surface area (Å²) in [6.07, 6.45) is 2.71. The summed E-state index contributed by atoms with van der Waals surface area (Å²) in [5.74, 6) is 0.363. The van der Waals surface area contributed by atoms with Crippen LogP contribution in [0.4, 0.5) is 4.39 Å². The lowest BCUT2D eigenvalue weighted by molar-refractivity contribution is 0.0883. The second kappa shape index (κ2) is 7.66. The van der Waals surface area contributed by atoms with Crippen molar-refractivity contribution in [3.05, 3.63) is 35.1 Å². The van der Waals surface area contributed by atoms with Gasteiger partial charge >= 0.3 is 0 Å². The molecule has 0 saturated carbocycles. The van der Waals surface area contributed by atoms with Crippen molar-refractivity contribution < 1.29 is 13.9 Å². The molecule has 4 heteroatoms. The zero-order valence-corrected chi connectivity index (χ0v) is 12.9. The molecule has 3 nitrogen and oxygen atoms in total. The standard InChI is InChI=1S/C17H24FNO2/c1-13-3-4-15(11-16(13)18)17(20)7-10-19-8-5-14(6-9-19)12-21-2/h3-4,11,14H,5-10,12H2,1-2H3. The monoisotopic (exact) mass is 293 g/mol. The van der Waals surface area contributed by atoms with E-state index < -0.39 is 0 Å². The Morgan fingerprint density at radius 2 is 2.10 bits per heavy atom. The maximum Gasteiger partial charge on any atom is 0.164 e. The molecule has 116 valence electrons. The number of rotatable bonds is 6. The number of ketones is 1. The van der Waals surface area contributed by atoms with Crippen LogP contribution in [0.5, 0.6) is 0 Å². The van der Waals surface area contributed by atoms with Crippen molar-refractivity contribution in [1.82, 2.24) is 4.90 Å². The molecule has 1 fully saturated rings. The highest BCUT2D eigenvalue weighted by atomic mass is 19.1. The van der Waals surface area contributed by atoms with Gasteiger partial charge in [0.05, 0.1) is 0 Å². The van der Waals surface area contributed by atoms with Crippen LogP contribution in [0.1, 0.15) is 35.2 Å². The van der Waals surface area contributed by atoms with E-state index in [-0.39, 0.29) is 11.6 Å². The Bertz CT molecular complexity index is 482. The smallest absolute Gasteiger partial charge is 0.164 e. The van der Waals surface area contributed by atoms with Gasteiger partial charge in [-0.1, -0.05) is 12.1 Å². The molecular formula is C17H24FNO2. The van der Waals surface area contributed by atoms with Gasteiger partial charge in [0.15, 0.2) is 5.78 Å². The second-order valence-electron chi connectivity index (χ2n) is 5.88. The second-order valence-corrected chi connectivity index (χ2v) is 5.88. The molecule has 1 saturated heterocycles. The highest BCUT2D eigenvalue weighted by Crippen LogP contribution is 2.18. The Labute approximate surface area is 126 Å². The summed E-state index contributed by atoms with van der Waals surface area (Å²) in [6.45, 7) is 5.32. The summed E-state index contributed by atoms with van der Waals surface area (Å²) >= 11 is 0. The van der Waals surface area contributed by atoms with E-state index in [0.29, 0.717) is 23.5 Å². The summed E-state index contributed by atoms with van der Waals surface area (Å²) in [6, 6.07) is 4.73. The third kappa shape index (κ3) is 4.61. The first-order chi connectivity index (χ1) is 10.1. The number of hydrogen-bond donors (Lipinski definition) is 0. The van der Waals surface area contributed by atoms with Gasteiger partial charge in [0, 0.05) is 32.2 Å². The number of benzene rings is 1. The van der Waals surface area contributed by atoms with E-state index in [1.807, 2.05) is 0 Å². The van der Waals surface area contributed by atoms with E-state index in [1.165, 1.54) is 6.07 Å². The predicted octanol–water partition coefficient (Wildman–Crippen LogP) is 3.07. The Morgan fingerprint density at radius 3 is 2.71 bits per heavy atom. The fourth-order valence-electron chi connectivity index (χ4n) is 2.78. The summed E-state index contributed by atoms with van der Waals surface area (Å²) < 4.78 is 18.7. The minimum absolute atomic E-state index is 0.0212. The number of nitrogens with zero attached hydrogens (tertiary/aromatic N) is 1. The molecule has 1 aliphatic heterocycles. The van der Waals surface area contributed by atoms with Crippen molar-refractivity contribution in [2.45, 2.75) is 26.2 Å². The van der Waals surface area contributed by atoms with E-state index in [4.69, 9.17) is 4.74 Å². The van der Waals surface area contributed by atoms with Crippen LogP contribution in [0.3, 0.4) is 0 Å². The SMILES string of the molecule is COCC1CCN(CCC(=O)c2ccc(C)c(F)c2)CC1. The van der Waals surface area contributed by atoms with E-state index in [2.05, 4.69) is 4.90 Å². The average molecular weight is 293 g/mol. The van der Waals surface area contributed by atoms with Crippen LogP contribution in [0.15, 0.2) is 18.2 Å². The molecule has 0 radical (unpaired) electrons. The minimum Gasteiger partial charge on any atom is -0.384 e. The van der Waals surface area contributed by atoms with E-state index in [9.17, 15) is 9.18 Å². The number of likely N-dealkylation sites (tertiary alicyclic amines) is 1. The minimum atomic E-state index is -0.304.